The van der Waals surface area contributed by atoms with Crippen molar-refractivity contribution in [2.75, 3.05) is 6.61 Å². The molecule has 2 unspecified atom stereocenters. The van der Waals surface area contributed by atoms with Crippen LogP contribution in [-0.4, -0.2) is 35.8 Å². The topological polar surface area (TPSA) is 72.6 Å². The molecule has 3 N–H and O–H groups in total. The van der Waals surface area contributed by atoms with Gasteiger partial charge in [-0.05, 0) is 13.8 Å². The van der Waals surface area contributed by atoms with Crippen molar-refractivity contribution in [2.45, 2.75) is 38.3 Å². The van der Waals surface area contributed by atoms with Gasteiger partial charge in [0.15, 0.2) is 0 Å². The summed E-state index contributed by atoms with van der Waals surface area (Å²) in [6.07, 6.45) is -3.16. The van der Waals surface area contributed by atoms with Gasteiger partial charge < -0.3 is 15.6 Å². The molecule has 84 valence electrons. The second kappa shape index (κ2) is 5.21. The Balaban J connectivity index is 3.93. The smallest absolute Gasteiger partial charge is 0.323 e. The highest BCUT2D eigenvalue weighted by molar-refractivity contribution is 5.77. The van der Waals surface area contributed by atoms with Gasteiger partial charge in [-0.1, -0.05) is 0 Å². The average Bonchev–Trinajstić information content (AvgIpc) is 1.99. The third kappa shape index (κ3) is 5.08. The molecule has 0 saturated carbocycles. The first-order valence-corrected chi connectivity index (χ1v) is 4.17. The van der Waals surface area contributed by atoms with Crippen LogP contribution < -0.4 is 5.73 Å². The molecule has 0 aliphatic heterocycles. The van der Waals surface area contributed by atoms with Crippen LogP contribution in [-0.2, 0) is 9.53 Å². The van der Waals surface area contributed by atoms with Gasteiger partial charge in [-0.15, -0.1) is 0 Å². The highest BCUT2D eigenvalue weighted by Gasteiger charge is 2.30. The van der Waals surface area contributed by atoms with Gasteiger partial charge in [0.05, 0.1) is 6.10 Å². The zero-order chi connectivity index (χ0) is 11.4. The standard InChI is InChI=1S/C8H15F2NO3/c1-5(14-4-6(9)10)3-8(2,11)7(12)13/h5-6H,3-4,11H2,1-2H3,(H,12,13). The van der Waals surface area contributed by atoms with E-state index < -0.39 is 30.6 Å². The van der Waals surface area contributed by atoms with E-state index in [4.69, 9.17) is 15.6 Å². The van der Waals surface area contributed by atoms with E-state index in [1.165, 1.54) is 13.8 Å². The number of halogens is 2. The van der Waals surface area contributed by atoms with E-state index in [9.17, 15) is 13.6 Å². The van der Waals surface area contributed by atoms with Crippen LogP contribution in [0.3, 0.4) is 0 Å². The molecule has 0 radical (unpaired) electrons. The summed E-state index contributed by atoms with van der Waals surface area (Å²) in [5.41, 5.74) is 3.96. The Morgan fingerprint density at radius 1 is 1.64 bits per heavy atom. The number of hydrogen-bond acceptors (Lipinski definition) is 3. The van der Waals surface area contributed by atoms with Crippen LogP contribution in [0.4, 0.5) is 8.78 Å². The first-order chi connectivity index (χ1) is 6.25. The summed E-state index contributed by atoms with van der Waals surface area (Å²) in [7, 11) is 0. The maximum Gasteiger partial charge on any atom is 0.323 e. The van der Waals surface area contributed by atoms with Gasteiger partial charge >= 0.3 is 5.97 Å². The van der Waals surface area contributed by atoms with E-state index in [1.807, 2.05) is 0 Å². The second-order valence-corrected chi connectivity index (χ2v) is 3.46. The van der Waals surface area contributed by atoms with E-state index in [0.717, 1.165) is 0 Å². The molecule has 0 aromatic carbocycles. The molecule has 0 spiro atoms. The number of carbonyl (C=O) groups is 1. The van der Waals surface area contributed by atoms with Crippen molar-refractivity contribution in [3.63, 3.8) is 0 Å². The summed E-state index contributed by atoms with van der Waals surface area (Å²) in [6, 6.07) is 0. The van der Waals surface area contributed by atoms with Gasteiger partial charge in [-0.25, -0.2) is 8.78 Å². The molecule has 0 saturated heterocycles. The molecule has 6 heteroatoms. The van der Waals surface area contributed by atoms with Crippen LogP contribution in [0.5, 0.6) is 0 Å². The lowest BCUT2D eigenvalue weighted by Crippen LogP contribution is -2.47. The fourth-order valence-electron chi connectivity index (χ4n) is 0.980. The van der Waals surface area contributed by atoms with Crippen molar-refractivity contribution in [1.29, 1.82) is 0 Å². The zero-order valence-corrected chi connectivity index (χ0v) is 8.17. The molecule has 0 amide bonds. The van der Waals surface area contributed by atoms with Crippen LogP contribution in [0.25, 0.3) is 0 Å². The van der Waals surface area contributed by atoms with Gasteiger partial charge in [-0.2, -0.15) is 0 Å². The monoisotopic (exact) mass is 211 g/mol. The Hall–Kier alpha value is -0.750. The van der Waals surface area contributed by atoms with Crippen LogP contribution in [0.2, 0.25) is 0 Å². The van der Waals surface area contributed by atoms with Crippen molar-refractivity contribution in [2.24, 2.45) is 5.73 Å². The normalized spacial score (nSPS) is 17.9. The second-order valence-electron chi connectivity index (χ2n) is 3.46. The summed E-state index contributed by atoms with van der Waals surface area (Å²) in [5.74, 6) is -1.18. The third-order valence-corrected chi connectivity index (χ3v) is 1.71. The molecular weight excluding hydrogens is 196 g/mol. The first-order valence-electron chi connectivity index (χ1n) is 4.17. The van der Waals surface area contributed by atoms with Crippen LogP contribution >= 0.6 is 0 Å². The molecule has 0 bridgehead atoms. The predicted molar refractivity (Wildman–Crippen MR) is 46.3 cm³/mol. The number of nitrogens with two attached hydrogens (primary N) is 1. The number of ether oxygens (including phenoxy) is 1. The molecular formula is C8H15F2NO3. The van der Waals surface area contributed by atoms with Gasteiger partial charge in [0, 0.05) is 6.42 Å². The Bertz CT molecular complexity index is 197. The van der Waals surface area contributed by atoms with Gasteiger partial charge in [0.25, 0.3) is 6.43 Å². The van der Waals surface area contributed by atoms with Gasteiger partial charge in [0.1, 0.15) is 12.1 Å². The Kier molecular flexibility index (Phi) is 4.93. The molecule has 0 aliphatic carbocycles. The van der Waals surface area contributed by atoms with Crippen molar-refractivity contribution in [3.8, 4) is 0 Å². The van der Waals surface area contributed by atoms with E-state index >= 15 is 0 Å². The fraction of sp³-hybridized carbons (Fsp3) is 0.875. The van der Waals surface area contributed by atoms with Gasteiger partial charge in [-0.3, -0.25) is 4.79 Å². The maximum absolute atomic E-state index is 11.7. The van der Waals surface area contributed by atoms with Crippen LogP contribution in [0, 0.1) is 0 Å². The van der Waals surface area contributed by atoms with Crippen molar-refractivity contribution >= 4 is 5.97 Å². The highest BCUT2D eigenvalue weighted by Crippen LogP contribution is 2.12. The zero-order valence-electron chi connectivity index (χ0n) is 8.17. The SMILES string of the molecule is CC(CC(C)(N)C(=O)O)OCC(F)F. The summed E-state index contributed by atoms with van der Waals surface area (Å²) < 4.78 is 28.1. The van der Waals surface area contributed by atoms with Crippen molar-refractivity contribution in [1.82, 2.24) is 0 Å². The Morgan fingerprint density at radius 3 is 2.50 bits per heavy atom. The van der Waals surface area contributed by atoms with Crippen molar-refractivity contribution in [3.05, 3.63) is 0 Å². The molecule has 0 heterocycles. The largest absolute Gasteiger partial charge is 0.480 e. The Labute approximate surface area is 81.0 Å². The van der Waals surface area contributed by atoms with E-state index in [0.29, 0.717) is 0 Å². The summed E-state index contributed by atoms with van der Waals surface area (Å²) in [5, 5.41) is 8.64. The van der Waals surface area contributed by atoms with Crippen LogP contribution in [0.15, 0.2) is 0 Å². The number of carboxylic acid groups (broad SMARTS) is 1. The lowest BCUT2D eigenvalue weighted by Gasteiger charge is -2.23. The molecule has 4 nitrogen and oxygen atoms in total. The fourth-order valence-corrected chi connectivity index (χ4v) is 0.980. The van der Waals surface area contributed by atoms with Crippen molar-refractivity contribution < 1.29 is 23.4 Å². The quantitative estimate of drug-likeness (QED) is 0.683. The molecule has 0 aromatic rings. The summed E-state index contributed by atoms with van der Waals surface area (Å²) in [6.45, 7) is 2.13. The minimum Gasteiger partial charge on any atom is -0.480 e. The highest BCUT2D eigenvalue weighted by atomic mass is 19.3. The maximum atomic E-state index is 11.7. The van der Waals surface area contributed by atoms with E-state index in [1.54, 1.807) is 0 Å². The third-order valence-electron chi connectivity index (χ3n) is 1.71. The predicted octanol–water partition coefficient (Wildman–Crippen LogP) is 0.849. The molecule has 0 aliphatic rings. The number of aliphatic carboxylic acids is 1. The minimum atomic E-state index is -2.55. The van der Waals surface area contributed by atoms with Gasteiger partial charge in [0.2, 0.25) is 0 Å². The Morgan fingerprint density at radius 2 is 2.14 bits per heavy atom. The number of carboxylic acids is 1. The number of hydrogen-bond donors (Lipinski definition) is 2. The first kappa shape index (κ1) is 13.2. The van der Waals surface area contributed by atoms with E-state index in [2.05, 4.69) is 0 Å². The number of rotatable bonds is 6. The number of alkyl halides is 2. The minimum absolute atomic E-state index is 0.00491. The lowest BCUT2D eigenvalue weighted by molar-refractivity contribution is -0.144. The molecule has 0 fully saturated rings. The molecule has 2 atom stereocenters. The summed E-state index contributed by atoms with van der Waals surface area (Å²) in [4.78, 5) is 10.6. The lowest BCUT2D eigenvalue weighted by atomic mass is 9.96. The summed E-state index contributed by atoms with van der Waals surface area (Å²) >= 11 is 0. The van der Waals surface area contributed by atoms with E-state index in [-0.39, 0.29) is 6.42 Å². The average molecular weight is 211 g/mol. The van der Waals surface area contributed by atoms with Crippen LogP contribution in [0.1, 0.15) is 20.3 Å². The molecule has 14 heavy (non-hydrogen) atoms. The molecule has 0 rings (SSSR count). The molecule has 0 aromatic heterocycles.